The fraction of sp³-hybridized carbons (Fsp3) is 0.600. The molecule has 1 unspecified atom stereocenters. The highest BCUT2D eigenvalue weighted by Gasteiger charge is 2.08. The largest absolute Gasteiger partial charge is 0.297 e. The highest BCUT2D eigenvalue weighted by atomic mass is 32.1. The van der Waals surface area contributed by atoms with E-state index in [9.17, 15) is 0 Å². The molecule has 0 bridgehead atoms. The molecule has 0 aliphatic heterocycles. The summed E-state index contributed by atoms with van der Waals surface area (Å²) in [4.78, 5) is 7.56. The van der Waals surface area contributed by atoms with Crippen LogP contribution in [-0.4, -0.2) is 23.0 Å². The Morgan fingerprint density at radius 1 is 1.71 bits per heavy atom. The molecule has 1 atom stereocenters. The second kappa shape index (κ2) is 5.74. The molecule has 0 aliphatic carbocycles. The van der Waals surface area contributed by atoms with Crippen molar-refractivity contribution in [3.63, 3.8) is 0 Å². The fourth-order valence-corrected chi connectivity index (χ4v) is 1.91. The van der Waals surface area contributed by atoms with Crippen molar-refractivity contribution in [3.8, 4) is 6.07 Å². The van der Waals surface area contributed by atoms with Crippen LogP contribution in [0.4, 0.5) is 0 Å². The molecule has 0 radical (unpaired) electrons. The van der Waals surface area contributed by atoms with Gasteiger partial charge in [-0.05, 0) is 13.5 Å². The smallest absolute Gasteiger partial charge is 0.0794 e. The lowest BCUT2D eigenvalue weighted by molar-refractivity contribution is 0.262. The highest BCUT2D eigenvalue weighted by Crippen LogP contribution is 2.10. The molecule has 0 N–H and O–H groups in total. The van der Waals surface area contributed by atoms with Gasteiger partial charge in [-0.3, -0.25) is 9.88 Å². The number of aromatic nitrogens is 1. The number of hydrogen-bond donors (Lipinski definition) is 0. The van der Waals surface area contributed by atoms with Crippen LogP contribution in [0.2, 0.25) is 0 Å². The molecule has 0 spiro atoms. The Morgan fingerprint density at radius 2 is 2.50 bits per heavy atom. The average molecular weight is 209 g/mol. The van der Waals surface area contributed by atoms with Crippen LogP contribution >= 0.6 is 11.3 Å². The monoisotopic (exact) mass is 209 g/mol. The molecule has 0 saturated carbocycles. The first-order valence-corrected chi connectivity index (χ1v) is 5.63. The van der Waals surface area contributed by atoms with Crippen molar-refractivity contribution in [2.24, 2.45) is 5.92 Å². The normalized spacial score (nSPS) is 12.7. The summed E-state index contributed by atoms with van der Waals surface area (Å²) in [6.45, 7) is 6.79. The summed E-state index contributed by atoms with van der Waals surface area (Å²) in [6, 6.07) is 2.26. The molecule has 4 heteroatoms. The number of nitriles is 1. The number of nitrogens with zero attached hydrogens (tertiary/aromatic N) is 3. The first-order valence-electron chi connectivity index (χ1n) is 4.75. The van der Waals surface area contributed by atoms with Crippen LogP contribution in [0.5, 0.6) is 0 Å². The summed E-state index contributed by atoms with van der Waals surface area (Å²) in [5, 5.41) is 8.72. The van der Waals surface area contributed by atoms with Crippen molar-refractivity contribution in [1.82, 2.24) is 9.88 Å². The van der Waals surface area contributed by atoms with Gasteiger partial charge in [0.1, 0.15) is 0 Å². The zero-order chi connectivity index (χ0) is 10.4. The van der Waals surface area contributed by atoms with E-state index in [0.717, 1.165) is 19.6 Å². The lowest BCUT2D eigenvalue weighted by Crippen LogP contribution is -2.27. The lowest BCUT2D eigenvalue weighted by atomic mass is 10.2. The summed E-state index contributed by atoms with van der Waals surface area (Å²) in [6.07, 6.45) is 1.89. The van der Waals surface area contributed by atoms with Gasteiger partial charge in [-0.1, -0.05) is 6.92 Å². The molecule has 1 heterocycles. The third kappa shape index (κ3) is 3.44. The molecule has 0 amide bonds. The van der Waals surface area contributed by atoms with Crippen molar-refractivity contribution in [2.75, 3.05) is 13.1 Å². The van der Waals surface area contributed by atoms with Gasteiger partial charge in [0.2, 0.25) is 0 Å². The quantitative estimate of drug-likeness (QED) is 0.745. The molecule has 3 nitrogen and oxygen atoms in total. The zero-order valence-corrected chi connectivity index (χ0v) is 9.42. The average Bonchev–Trinajstić information content (AvgIpc) is 2.69. The van der Waals surface area contributed by atoms with E-state index in [-0.39, 0.29) is 5.92 Å². The topological polar surface area (TPSA) is 39.9 Å². The van der Waals surface area contributed by atoms with E-state index >= 15 is 0 Å². The Bertz CT molecular complexity index is 289. The second-order valence-electron chi connectivity index (χ2n) is 3.33. The standard InChI is InChI=1S/C10H15N3S/c1-3-13(6-9(2)4-11)7-10-5-12-8-14-10/h5,8-9H,3,6-7H2,1-2H3. The molecule has 1 aromatic heterocycles. The van der Waals surface area contributed by atoms with Crippen molar-refractivity contribution in [3.05, 3.63) is 16.6 Å². The molecule has 1 aromatic rings. The first kappa shape index (κ1) is 11.2. The van der Waals surface area contributed by atoms with E-state index in [2.05, 4.69) is 22.9 Å². The Labute approximate surface area is 89.0 Å². The minimum absolute atomic E-state index is 0.0999. The Hall–Kier alpha value is -0.920. The van der Waals surface area contributed by atoms with Crippen molar-refractivity contribution in [2.45, 2.75) is 20.4 Å². The molecule has 0 aromatic carbocycles. The van der Waals surface area contributed by atoms with Gasteiger partial charge in [-0.25, -0.2) is 0 Å². The molecule has 1 rings (SSSR count). The number of rotatable bonds is 5. The van der Waals surface area contributed by atoms with E-state index in [1.54, 1.807) is 11.3 Å². The van der Waals surface area contributed by atoms with Gasteiger partial charge in [0, 0.05) is 24.2 Å². The Balaban J connectivity index is 2.44. The van der Waals surface area contributed by atoms with Crippen LogP contribution in [0, 0.1) is 17.2 Å². The van der Waals surface area contributed by atoms with Crippen LogP contribution in [0.1, 0.15) is 18.7 Å². The van der Waals surface area contributed by atoms with Gasteiger partial charge in [0.25, 0.3) is 0 Å². The highest BCUT2D eigenvalue weighted by molar-refractivity contribution is 7.09. The zero-order valence-electron chi connectivity index (χ0n) is 8.60. The Morgan fingerprint density at radius 3 is 3.00 bits per heavy atom. The summed E-state index contributed by atoms with van der Waals surface area (Å²) in [5.41, 5.74) is 1.84. The second-order valence-corrected chi connectivity index (χ2v) is 4.30. The molecule has 0 aliphatic rings. The third-order valence-corrected chi connectivity index (χ3v) is 2.83. The van der Waals surface area contributed by atoms with Crippen LogP contribution in [0.25, 0.3) is 0 Å². The van der Waals surface area contributed by atoms with Gasteiger partial charge >= 0.3 is 0 Å². The van der Waals surface area contributed by atoms with E-state index in [1.165, 1.54) is 4.88 Å². The number of thiazole rings is 1. The summed E-state index contributed by atoms with van der Waals surface area (Å²) < 4.78 is 0. The summed E-state index contributed by atoms with van der Waals surface area (Å²) in [5.74, 6) is 0.0999. The van der Waals surface area contributed by atoms with Crippen LogP contribution in [0.15, 0.2) is 11.7 Å². The molecule has 76 valence electrons. The first-order chi connectivity index (χ1) is 6.76. The molecule has 0 fully saturated rings. The maximum atomic E-state index is 8.72. The van der Waals surface area contributed by atoms with Gasteiger partial charge < -0.3 is 0 Å². The predicted octanol–water partition coefficient (Wildman–Crippen LogP) is 2.12. The summed E-state index contributed by atoms with van der Waals surface area (Å²) in [7, 11) is 0. The third-order valence-electron chi connectivity index (χ3n) is 2.06. The van der Waals surface area contributed by atoms with E-state index in [1.807, 2.05) is 18.6 Å². The minimum atomic E-state index is 0.0999. The van der Waals surface area contributed by atoms with Gasteiger partial charge in [-0.2, -0.15) is 5.26 Å². The van der Waals surface area contributed by atoms with E-state index < -0.39 is 0 Å². The van der Waals surface area contributed by atoms with Gasteiger partial charge in [-0.15, -0.1) is 11.3 Å². The van der Waals surface area contributed by atoms with Gasteiger partial charge in [0.05, 0.1) is 17.5 Å². The van der Waals surface area contributed by atoms with Crippen LogP contribution < -0.4 is 0 Å². The van der Waals surface area contributed by atoms with Crippen molar-refractivity contribution >= 4 is 11.3 Å². The lowest BCUT2D eigenvalue weighted by Gasteiger charge is -2.20. The van der Waals surface area contributed by atoms with E-state index in [0.29, 0.717) is 0 Å². The van der Waals surface area contributed by atoms with Gasteiger partial charge in [0.15, 0.2) is 0 Å². The van der Waals surface area contributed by atoms with Crippen LogP contribution in [0.3, 0.4) is 0 Å². The van der Waals surface area contributed by atoms with E-state index in [4.69, 9.17) is 5.26 Å². The maximum absolute atomic E-state index is 8.72. The maximum Gasteiger partial charge on any atom is 0.0794 e. The number of hydrogen-bond acceptors (Lipinski definition) is 4. The molecular formula is C10H15N3S. The molecule has 14 heavy (non-hydrogen) atoms. The minimum Gasteiger partial charge on any atom is -0.297 e. The SMILES string of the molecule is CCN(Cc1cncs1)CC(C)C#N. The Kier molecular flexibility index (Phi) is 4.57. The van der Waals surface area contributed by atoms with Crippen molar-refractivity contribution < 1.29 is 0 Å². The summed E-state index contributed by atoms with van der Waals surface area (Å²) >= 11 is 1.67. The molecule has 0 saturated heterocycles. The van der Waals surface area contributed by atoms with Crippen molar-refractivity contribution in [1.29, 1.82) is 5.26 Å². The molecular weight excluding hydrogens is 194 g/mol. The predicted molar refractivity (Wildman–Crippen MR) is 57.8 cm³/mol. The van der Waals surface area contributed by atoms with Crippen LogP contribution in [-0.2, 0) is 6.54 Å². The fourth-order valence-electron chi connectivity index (χ4n) is 1.27.